The second-order valence-electron chi connectivity index (χ2n) is 7.08. The molecule has 10 nitrogen and oxygen atoms in total. The van der Waals surface area contributed by atoms with Crippen molar-refractivity contribution in [2.75, 3.05) is 33.2 Å². The molecule has 172 valence electrons. The molecule has 0 fully saturated rings. The number of fused-ring (bicyclic) bond motifs is 1. The monoisotopic (exact) mass is 443 g/mol. The highest BCUT2D eigenvalue weighted by Crippen LogP contribution is 2.29. The Morgan fingerprint density at radius 2 is 1.94 bits per heavy atom. The number of carbonyl (C=O) groups is 1. The summed E-state index contributed by atoms with van der Waals surface area (Å²) in [5.74, 6) is 0.555. The Balaban J connectivity index is 1.95. The summed E-state index contributed by atoms with van der Waals surface area (Å²) in [6, 6.07) is 6.11. The number of nitrogens with two attached hydrogens (primary N) is 1. The molecule has 0 aliphatic rings. The number of anilines is 1. The zero-order chi connectivity index (χ0) is 23.1. The Hall–Kier alpha value is -3.56. The smallest absolute Gasteiger partial charge is 0.320 e. The number of imidazole rings is 1. The molecule has 0 atom stereocenters. The fourth-order valence-corrected chi connectivity index (χ4v) is 3.23. The number of methoxy groups -OCH3 is 2. The molecule has 3 rings (SSSR count). The average molecular weight is 444 g/mol. The van der Waals surface area contributed by atoms with Gasteiger partial charge < -0.3 is 24.7 Å². The molecule has 0 unspecified atom stereocenters. The summed E-state index contributed by atoms with van der Waals surface area (Å²) in [6.07, 6.45) is 2.05. The molecule has 2 heterocycles. The Bertz CT molecular complexity index is 1080. The molecule has 0 saturated heterocycles. The first-order valence-corrected chi connectivity index (χ1v) is 10.5. The van der Waals surface area contributed by atoms with Crippen LogP contribution in [0.15, 0.2) is 18.2 Å². The van der Waals surface area contributed by atoms with Gasteiger partial charge in [-0.05, 0) is 25.0 Å². The van der Waals surface area contributed by atoms with Crippen molar-refractivity contribution in [1.82, 2.24) is 19.5 Å². The summed E-state index contributed by atoms with van der Waals surface area (Å²) in [5, 5.41) is 0. The summed E-state index contributed by atoms with van der Waals surface area (Å²) in [4.78, 5) is 25.0. The predicted octanol–water partition coefficient (Wildman–Crippen LogP) is 2.76. The first kappa shape index (κ1) is 23.1. The Morgan fingerprint density at radius 3 is 2.62 bits per heavy atom. The van der Waals surface area contributed by atoms with Crippen LogP contribution in [0.25, 0.3) is 11.2 Å². The maximum absolute atomic E-state index is 11.8. The molecule has 0 aliphatic heterocycles. The molecule has 0 radical (unpaired) electrons. The van der Waals surface area contributed by atoms with Crippen molar-refractivity contribution in [3.05, 3.63) is 29.3 Å². The zero-order valence-corrected chi connectivity index (χ0v) is 18.9. The topological polar surface area (TPSA) is 124 Å². The molecule has 0 saturated carbocycles. The number of ether oxygens (including phenoxy) is 4. The standard InChI is InChI=1S/C22H29N5O5/c1-5-7-10-32-21-25-19(23)18-20(26-21)27(22(24-18)30-4)13-15-9-8-14(11-16(15)29-3)12-17(28)31-6-2/h8-9,11H,5-7,10,12-13H2,1-4H3,(H2,23,25,26). The summed E-state index contributed by atoms with van der Waals surface area (Å²) in [7, 11) is 3.11. The predicted molar refractivity (Wildman–Crippen MR) is 119 cm³/mol. The van der Waals surface area contributed by atoms with Gasteiger partial charge in [-0.3, -0.25) is 9.36 Å². The van der Waals surface area contributed by atoms with Crippen LogP contribution in [0.3, 0.4) is 0 Å². The molecule has 0 spiro atoms. The van der Waals surface area contributed by atoms with E-state index in [0.717, 1.165) is 24.0 Å². The lowest BCUT2D eigenvalue weighted by molar-refractivity contribution is -0.142. The first-order valence-electron chi connectivity index (χ1n) is 10.5. The van der Waals surface area contributed by atoms with Gasteiger partial charge in [0.05, 0.1) is 40.4 Å². The van der Waals surface area contributed by atoms with E-state index in [1.807, 2.05) is 18.2 Å². The van der Waals surface area contributed by atoms with E-state index in [2.05, 4.69) is 21.9 Å². The number of rotatable bonds is 11. The highest BCUT2D eigenvalue weighted by molar-refractivity contribution is 5.83. The minimum atomic E-state index is -0.285. The third-order valence-corrected chi connectivity index (χ3v) is 4.81. The second kappa shape index (κ2) is 10.7. The Labute approximate surface area is 186 Å². The van der Waals surface area contributed by atoms with Crippen LogP contribution in [0.1, 0.15) is 37.8 Å². The number of hydrogen-bond acceptors (Lipinski definition) is 9. The van der Waals surface area contributed by atoms with Gasteiger partial charge in [-0.25, -0.2) is 0 Å². The largest absolute Gasteiger partial charge is 0.496 e. The fourth-order valence-electron chi connectivity index (χ4n) is 3.23. The van der Waals surface area contributed by atoms with Gasteiger partial charge in [0.25, 0.3) is 6.01 Å². The number of hydrogen-bond donors (Lipinski definition) is 1. The molecule has 2 N–H and O–H groups in total. The van der Waals surface area contributed by atoms with Crippen LogP contribution in [-0.2, 0) is 22.5 Å². The van der Waals surface area contributed by atoms with Gasteiger partial charge >= 0.3 is 12.0 Å². The summed E-state index contributed by atoms with van der Waals surface area (Å²) >= 11 is 0. The molecular weight excluding hydrogens is 414 g/mol. The molecule has 0 bridgehead atoms. The van der Waals surface area contributed by atoms with E-state index >= 15 is 0 Å². The van der Waals surface area contributed by atoms with Gasteiger partial charge in [-0.1, -0.05) is 25.5 Å². The minimum Gasteiger partial charge on any atom is -0.496 e. The third-order valence-electron chi connectivity index (χ3n) is 4.81. The SMILES string of the molecule is CCCCOc1nc(N)c2nc(OC)n(Cc3ccc(CC(=O)OCC)cc3OC)c2n1. The first-order chi connectivity index (χ1) is 15.5. The average Bonchev–Trinajstić information content (AvgIpc) is 3.13. The summed E-state index contributed by atoms with van der Waals surface area (Å²) < 4.78 is 23.5. The minimum absolute atomic E-state index is 0.171. The van der Waals surface area contributed by atoms with Gasteiger partial charge in [0.15, 0.2) is 17.0 Å². The van der Waals surface area contributed by atoms with E-state index in [-0.39, 0.29) is 24.2 Å². The summed E-state index contributed by atoms with van der Waals surface area (Å²) in [5.41, 5.74) is 8.69. The van der Waals surface area contributed by atoms with Gasteiger partial charge in [0.2, 0.25) is 0 Å². The molecule has 0 amide bonds. The second-order valence-corrected chi connectivity index (χ2v) is 7.08. The number of nitrogen functional groups attached to an aromatic ring is 1. The quantitative estimate of drug-likeness (QED) is 0.352. The maximum atomic E-state index is 11.8. The Kier molecular flexibility index (Phi) is 7.69. The van der Waals surface area contributed by atoms with Gasteiger partial charge in [-0.2, -0.15) is 15.0 Å². The Morgan fingerprint density at radius 1 is 1.12 bits per heavy atom. The van der Waals surface area contributed by atoms with E-state index in [1.54, 1.807) is 18.6 Å². The molecular formula is C22H29N5O5. The van der Waals surface area contributed by atoms with Crippen molar-refractivity contribution in [3.63, 3.8) is 0 Å². The number of esters is 1. The van der Waals surface area contributed by atoms with E-state index in [9.17, 15) is 4.79 Å². The third kappa shape index (κ3) is 5.19. The normalized spacial score (nSPS) is 10.9. The highest BCUT2D eigenvalue weighted by atomic mass is 16.5. The van der Waals surface area contributed by atoms with Crippen LogP contribution in [0, 0.1) is 0 Å². The summed E-state index contributed by atoms with van der Waals surface area (Å²) in [6.45, 7) is 5.06. The van der Waals surface area contributed by atoms with Crippen LogP contribution >= 0.6 is 0 Å². The zero-order valence-electron chi connectivity index (χ0n) is 18.9. The van der Waals surface area contributed by atoms with Gasteiger partial charge in [0, 0.05) is 5.56 Å². The molecule has 2 aromatic heterocycles. The van der Waals surface area contributed by atoms with E-state index in [4.69, 9.17) is 24.7 Å². The molecule has 10 heteroatoms. The van der Waals surface area contributed by atoms with Gasteiger partial charge in [0.1, 0.15) is 5.75 Å². The van der Waals surface area contributed by atoms with Crippen molar-refractivity contribution < 1.29 is 23.7 Å². The lowest BCUT2D eigenvalue weighted by Crippen LogP contribution is -2.09. The van der Waals surface area contributed by atoms with Crippen molar-refractivity contribution in [3.8, 4) is 17.8 Å². The van der Waals surface area contributed by atoms with Crippen molar-refractivity contribution in [2.45, 2.75) is 39.7 Å². The number of unbranched alkanes of at least 4 members (excludes halogenated alkanes) is 1. The molecule has 32 heavy (non-hydrogen) atoms. The van der Waals surface area contributed by atoms with Crippen LogP contribution < -0.4 is 19.9 Å². The van der Waals surface area contributed by atoms with Crippen LogP contribution in [0.2, 0.25) is 0 Å². The lowest BCUT2D eigenvalue weighted by Gasteiger charge is -2.13. The molecule has 0 aliphatic carbocycles. The number of aromatic nitrogens is 4. The maximum Gasteiger partial charge on any atom is 0.320 e. The van der Waals surface area contributed by atoms with E-state index in [1.165, 1.54) is 7.11 Å². The van der Waals surface area contributed by atoms with Crippen LogP contribution in [0.5, 0.6) is 17.8 Å². The molecule has 3 aromatic rings. The van der Waals surface area contributed by atoms with Crippen molar-refractivity contribution in [2.24, 2.45) is 0 Å². The lowest BCUT2D eigenvalue weighted by atomic mass is 10.1. The number of carbonyl (C=O) groups excluding carboxylic acids is 1. The van der Waals surface area contributed by atoms with Crippen molar-refractivity contribution in [1.29, 1.82) is 0 Å². The molecule has 1 aromatic carbocycles. The van der Waals surface area contributed by atoms with E-state index < -0.39 is 0 Å². The van der Waals surface area contributed by atoms with E-state index in [0.29, 0.717) is 42.7 Å². The van der Waals surface area contributed by atoms with Crippen LogP contribution in [0.4, 0.5) is 5.82 Å². The van der Waals surface area contributed by atoms with Crippen molar-refractivity contribution >= 4 is 23.0 Å². The highest BCUT2D eigenvalue weighted by Gasteiger charge is 2.19. The number of benzene rings is 1. The number of nitrogens with zero attached hydrogens (tertiary/aromatic N) is 4. The van der Waals surface area contributed by atoms with Gasteiger partial charge in [-0.15, -0.1) is 0 Å². The van der Waals surface area contributed by atoms with Crippen LogP contribution in [-0.4, -0.2) is 52.9 Å². The fraction of sp³-hybridized carbons (Fsp3) is 0.455.